The van der Waals surface area contributed by atoms with Gasteiger partial charge in [-0.1, -0.05) is 81.8 Å². The maximum atomic E-state index is 11.7. The predicted molar refractivity (Wildman–Crippen MR) is 138 cm³/mol. The average Bonchev–Trinajstić information content (AvgIpc) is 2.85. The van der Waals surface area contributed by atoms with Gasteiger partial charge in [-0.25, -0.2) is 0 Å². The zero-order valence-corrected chi connectivity index (χ0v) is 21.2. The van der Waals surface area contributed by atoms with E-state index in [-0.39, 0.29) is 0 Å². The summed E-state index contributed by atoms with van der Waals surface area (Å²) in [5.41, 5.74) is 3.08. The Balaban J connectivity index is 1.41. The van der Waals surface area contributed by atoms with E-state index in [1.807, 2.05) is 30.3 Å². The second-order valence-electron chi connectivity index (χ2n) is 10.4. The van der Waals surface area contributed by atoms with E-state index in [1.54, 1.807) is 6.26 Å². The maximum Gasteiger partial charge on any atom is 0.152 e. The van der Waals surface area contributed by atoms with Crippen LogP contribution in [0.1, 0.15) is 93.4 Å². The van der Waals surface area contributed by atoms with E-state index in [0.29, 0.717) is 5.92 Å². The zero-order chi connectivity index (χ0) is 23.2. The number of rotatable bonds is 8. The molecule has 33 heavy (non-hydrogen) atoms. The molecule has 4 rings (SSSR count). The summed E-state index contributed by atoms with van der Waals surface area (Å²) in [6.45, 7) is 4.67. The molecule has 1 N–H and O–H groups in total. The molecule has 1 heterocycles. The molecule has 4 atom stereocenters. The number of likely N-dealkylation sites (tertiary alicyclic amines) is 1. The smallest absolute Gasteiger partial charge is 0.152 e. The normalized spacial score (nSPS) is 23.2. The van der Waals surface area contributed by atoms with Crippen molar-refractivity contribution in [2.45, 2.75) is 87.7 Å². The van der Waals surface area contributed by atoms with Crippen LogP contribution in [0.4, 0.5) is 0 Å². The highest BCUT2D eigenvalue weighted by molar-refractivity contribution is 7.90. The quantitative estimate of drug-likeness (QED) is 0.455. The SMILES string of the molecule is CC(CN1CCCCC1CC1CCCCC1)c1cccc(C(O)c2ccc([S+](C)[O-])cc2)c1. The molecule has 4 unspecified atom stereocenters. The minimum atomic E-state index is -1.00. The second-order valence-corrected chi connectivity index (χ2v) is 11.8. The molecule has 1 aliphatic carbocycles. The highest BCUT2D eigenvalue weighted by Gasteiger charge is 2.27. The third kappa shape index (κ3) is 6.63. The van der Waals surface area contributed by atoms with Gasteiger partial charge in [0, 0.05) is 12.6 Å². The molecular weight excluding hydrogens is 426 g/mol. The van der Waals surface area contributed by atoms with Crippen molar-refractivity contribution in [2.24, 2.45) is 5.92 Å². The number of piperidine rings is 1. The third-order valence-electron chi connectivity index (χ3n) is 7.91. The molecule has 0 aromatic heterocycles. The Morgan fingerprint density at radius 2 is 1.64 bits per heavy atom. The van der Waals surface area contributed by atoms with Crippen molar-refractivity contribution in [3.63, 3.8) is 0 Å². The molecule has 0 amide bonds. The van der Waals surface area contributed by atoms with E-state index in [2.05, 4.69) is 30.0 Å². The van der Waals surface area contributed by atoms with Gasteiger partial charge in [0.05, 0.1) is 0 Å². The number of benzene rings is 2. The Kier molecular flexibility index (Phi) is 8.92. The molecule has 1 aliphatic heterocycles. The van der Waals surface area contributed by atoms with Crippen LogP contribution in [0.5, 0.6) is 0 Å². The Hall–Kier alpha value is -1.33. The molecule has 1 saturated carbocycles. The van der Waals surface area contributed by atoms with Crippen molar-refractivity contribution >= 4 is 11.2 Å². The summed E-state index contributed by atoms with van der Waals surface area (Å²) >= 11 is -1.00. The van der Waals surface area contributed by atoms with Gasteiger partial charge in [-0.15, -0.1) is 0 Å². The van der Waals surface area contributed by atoms with E-state index in [0.717, 1.165) is 34.5 Å². The minimum absolute atomic E-state index is 0.439. The predicted octanol–water partition coefficient (Wildman–Crippen LogP) is 6.43. The van der Waals surface area contributed by atoms with Gasteiger partial charge in [-0.3, -0.25) is 4.90 Å². The fourth-order valence-corrected chi connectivity index (χ4v) is 6.42. The molecule has 0 bridgehead atoms. The van der Waals surface area contributed by atoms with Gasteiger partial charge in [0.25, 0.3) is 0 Å². The Labute approximate surface area is 203 Å². The Morgan fingerprint density at radius 3 is 2.36 bits per heavy atom. The summed E-state index contributed by atoms with van der Waals surface area (Å²) in [5, 5.41) is 11.0. The maximum absolute atomic E-state index is 11.7. The van der Waals surface area contributed by atoms with Crippen molar-refractivity contribution in [3.05, 3.63) is 65.2 Å². The molecule has 180 valence electrons. The average molecular weight is 468 g/mol. The fourth-order valence-electron chi connectivity index (χ4n) is 5.90. The molecule has 2 aliphatic rings. The third-order valence-corrected chi connectivity index (χ3v) is 8.85. The molecule has 1 saturated heterocycles. The lowest BCUT2D eigenvalue weighted by Gasteiger charge is -2.40. The van der Waals surface area contributed by atoms with Crippen LogP contribution in [0.3, 0.4) is 0 Å². The van der Waals surface area contributed by atoms with Crippen molar-refractivity contribution in [1.29, 1.82) is 0 Å². The van der Waals surface area contributed by atoms with E-state index in [4.69, 9.17) is 0 Å². The first kappa shape index (κ1) is 24.8. The van der Waals surface area contributed by atoms with Crippen molar-refractivity contribution < 1.29 is 9.66 Å². The van der Waals surface area contributed by atoms with Crippen LogP contribution in [0.2, 0.25) is 0 Å². The molecule has 4 heteroatoms. The van der Waals surface area contributed by atoms with E-state index < -0.39 is 17.3 Å². The van der Waals surface area contributed by atoms with Crippen LogP contribution in [0.25, 0.3) is 0 Å². The van der Waals surface area contributed by atoms with Gasteiger partial charge >= 0.3 is 0 Å². The lowest BCUT2D eigenvalue weighted by atomic mass is 9.82. The molecule has 2 aromatic rings. The Morgan fingerprint density at radius 1 is 0.939 bits per heavy atom. The molecule has 2 fully saturated rings. The largest absolute Gasteiger partial charge is 0.612 e. The van der Waals surface area contributed by atoms with Crippen molar-refractivity contribution in [1.82, 2.24) is 4.90 Å². The summed E-state index contributed by atoms with van der Waals surface area (Å²) in [6.07, 6.45) is 13.7. The highest BCUT2D eigenvalue weighted by atomic mass is 32.2. The van der Waals surface area contributed by atoms with Crippen LogP contribution in [0.15, 0.2) is 53.4 Å². The summed E-state index contributed by atoms with van der Waals surface area (Å²) in [6, 6.07) is 16.7. The van der Waals surface area contributed by atoms with Gasteiger partial charge < -0.3 is 9.66 Å². The number of hydrogen-bond acceptors (Lipinski definition) is 3. The van der Waals surface area contributed by atoms with Crippen LogP contribution in [-0.2, 0) is 11.2 Å². The van der Waals surface area contributed by atoms with Crippen LogP contribution in [0, 0.1) is 5.92 Å². The highest BCUT2D eigenvalue weighted by Crippen LogP contribution is 2.33. The first-order valence-corrected chi connectivity index (χ1v) is 14.5. The van der Waals surface area contributed by atoms with Gasteiger partial charge in [0.15, 0.2) is 4.90 Å². The zero-order valence-electron chi connectivity index (χ0n) is 20.4. The summed E-state index contributed by atoms with van der Waals surface area (Å²) in [4.78, 5) is 3.56. The first-order chi connectivity index (χ1) is 16.0. The Bertz CT molecular complexity index is 862. The van der Waals surface area contributed by atoms with Crippen LogP contribution < -0.4 is 0 Å². The number of aliphatic hydroxyl groups excluding tert-OH is 1. The first-order valence-electron chi connectivity index (χ1n) is 13.0. The van der Waals surface area contributed by atoms with E-state index in [9.17, 15) is 9.66 Å². The van der Waals surface area contributed by atoms with Crippen LogP contribution in [-0.4, -0.2) is 39.9 Å². The van der Waals surface area contributed by atoms with E-state index >= 15 is 0 Å². The lowest BCUT2D eigenvalue weighted by Crippen LogP contribution is -2.42. The number of nitrogens with zero attached hydrogens (tertiary/aromatic N) is 1. The van der Waals surface area contributed by atoms with Crippen LogP contribution >= 0.6 is 0 Å². The monoisotopic (exact) mass is 467 g/mol. The molecule has 0 radical (unpaired) electrons. The molecular formula is C29H41NO2S. The van der Waals surface area contributed by atoms with Crippen molar-refractivity contribution in [3.8, 4) is 0 Å². The molecule has 3 nitrogen and oxygen atoms in total. The number of hydrogen-bond donors (Lipinski definition) is 1. The summed E-state index contributed by atoms with van der Waals surface area (Å²) in [5.74, 6) is 1.38. The summed E-state index contributed by atoms with van der Waals surface area (Å²) in [7, 11) is 0. The standard InChI is InChI=1S/C29H41NO2S/c1-22(21-30-18-7-6-13-27(30)19-23-9-4-3-5-10-23)25-11-8-12-26(20-25)29(31)24-14-16-28(17-15-24)33(2)32/h8,11-12,14-17,20,22-23,27,29,31H,3-7,9-10,13,18-19,21H2,1-2H3. The minimum Gasteiger partial charge on any atom is -0.612 e. The van der Waals surface area contributed by atoms with Gasteiger partial charge in [0.2, 0.25) is 0 Å². The molecule has 2 aromatic carbocycles. The van der Waals surface area contributed by atoms with Gasteiger partial charge in [0.1, 0.15) is 12.4 Å². The topological polar surface area (TPSA) is 46.5 Å². The van der Waals surface area contributed by atoms with E-state index in [1.165, 1.54) is 69.9 Å². The lowest BCUT2D eigenvalue weighted by molar-refractivity contribution is 0.111. The number of aliphatic hydroxyl groups is 1. The second kappa shape index (κ2) is 11.9. The van der Waals surface area contributed by atoms with Crippen molar-refractivity contribution in [2.75, 3.05) is 19.3 Å². The summed E-state index contributed by atoms with van der Waals surface area (Å²) < 4.78 is 11.7. The fraction of sp³-hybridized carbons (Fsp3) is 0.586. The van der Waals surface area contributed by atoms with Gasteiger partial charge in [-0.05, 0) is 77.6 Å². The van der Waals surface area contributed by atoms with Gasteiger partial charge in [-0.2, -0.15) is 0 Å². The molecule has 0 spiro atoms.